The number of nitrogens with one attached hydrogen (secondary N) is 2. The van der Waals surface area contributed by atoms with Crippen molar-refractivity contribution in [2.75, 3.05) is 18.1 Å². The number of aliphatic imine (C=N–C) groups is 1. The van der Waals surface area contributed by atoms with Crippen LogP contribution in [-0.4, -0.2) is 49.5 Å². The molecule has 2 N–H and O–H groups in total. The van der Waals surface area contributed by atoms with Crippen molar-refractivity contribution in [3.8, 4) is 0 Å². The molecule has 1 heterocycles. The third kappa shape index (κ3) is 5.23. The molecule has 0 aromatic heterocycles. The largest absolute Gasteiger partial charge is 0.343 e. The molecule has 33 heavy (non-hydrogen) atoms. The Bertz CT molecular complexity index is 1130. The zero-order chi connectivity index (χ0) is 24.2. The Morgan fingerprint density at radius 1 is 1.12 bits per heavy atom. The van der Waals surface area contributed by atoms with Gasteiger partial charge < -0.3 is 5.32 Å². The molecule has 2 aromatic carbocycles. The highest BCUT2D eigenvalue weighted by atomic mass is 32.2. The Morgan fingerprint density at radius 2 is 1.73 bits per heavy atom. The van der Waals surface area contributed by atoms with Crippen molar-refractivity contribution < 1.29 is 18.0 Å². The number of carbonyl (C=O) groups excluding carboxylic acids is 2. The van der Waals surface area contributed by atoms with E-state index in [4.69, 9.17) is 0 Å². The number of hydrogen-bond acceptors (Lipinski definition) is 6. The summed E-state index contributed by atoms with van der Waals surface area (Å²) < 4.78 is 26.7. The van der Waals surface area contributed by atoms with Gasteiger partial charge in [0.2, 0.25) is 15.9 Å². The van der Waals surface area contributed by atoms with Crippen molar-refractivity contribution in [2.45, 2.75) is 44.7 Å². The molecule has 1 aliphatic rings. The SMILES string of the molecule is CCN(CC)S(=O)(=O)c1ccc(C(C)NC(=O)C2=NC(C)C(=O)N(c3ccccc3)N2)cc1. The number of carbonyl (C=O) groups is 2. The number of para-hydroxylation sites is 1. The van der Waals surface area contributed by atoms with Crippen molar-refractivity contribution in [3.05, 3.63) is 60.2 Å². The van der Waals surface area contributed by atoms with Gasteiger partial charge in [0, 0.05) is 13.1 Å². The van der Waals surface area contributed by atoms with E-state index in [0.717, 1.165) is 5.56 Å². The summed E-state index contributed by atoms with van der Waals surface area (Å²) in [4.78, 5) is 29.8. The van der Waals surface area contributed by atoms with E-state index in [1.807, 2.05) is 6.07 Å². The number of hydrazine groups is 1. The zero-order valence-corrected chi connectivity index (χ0v) is 20.0. The van der Waals surface area contributed by atoms with Crippen molar-refractivity contribution in [1.29, 1.82) is 0 Å². The Labute approximate surface area is 194 Å². The molecule has 2 aromatic rings. The van der Waals surface area contributed by atoms with Gasteiger partial charge in [-0.25, -0.2) is 18.4 Å². The molecule has 176 valence electrons. The molecule has 0 saturated carbocycles. The number of amides is 2. The molecular weight excluding hydrogens is 442 g/mol. The third-order valence-corrected chi connectivity index (χ3v) is 7.48. The summed E-state index contributed by atoms with van der Waals surface area (Å²) >= 11 is 0. The molecule has 0 fully saturated rings. The lowest BCUT2D eigenvalue weighted by molar-refractivity contribution is -0.120. The molecule has 2 unspecified atom stereocenters. The van der Waals surface area contributed by atoms with Crippen LogP contribution in [0.4, 0.5) is 5.69 Å². The molecule has 2 amide bonds. The van der Waals surface area contributed by atoms with E-state index in [0.29, 0.717) is 18.8 Å². The number of benzene rings is 2. The van der Waals surface area contributed by atoms with Gasteiger partial charge in [0.25, 0.3) is 11.8 Å². The molecule has 0 bridgehead atoms. The fourth-order valence-corrected chi connectivity index (χ4v) is 4.95. The van der Waals surface area contributed by atoms with Crippen molar-refractivity contribution in [1.82, 2.24) is 15.0 Å². The van der Waals surface area contributed by atoms with Crippen LogP contribution in [0.3, 0.4) is 0 Å². The third-order valence-electron chi connectivity index (χ3n) is 5.42. The van der Waals surface area contributed by atoms with Crippen LogP contribution in [-0.2, 0) is 19.6 Å². The second kappa shape index (κ2) is 10.1. The summed E-state index contributed by atoms with van der Waals surface area (Å²) in [5.41, 5.74) is 4.14. The first-order chi connectivity index (χ1) is 15.7. The van der Waals surface area contributed by atoms with Crippen molar-refractivity contribution in [2.24, 2.45) is 4.99 Å². The topological polar surface area (TPSA) is 111 Å². The lowest BCUT2D eigenvalue weighted by Crippen LogP contribution is -2.58. The normalized spacial score (nSPS) is 17.4. The minimum absolute atomic E-state index is 0.0264. The highest BCUT2D eigenvalue weighted by Gasteiger charge is 2.31. The predicted octanol–water partition coefficient (Wildman–Crippen LogP) is 2.23. The Hall–Kier alpha value is -3.24. The van der Waals surface area contributed by atoms with Gasteiger partial charge in [-0.3, -0.25) is 15.0 Å². The summed E-state index contributed by atoms with van der Waals surface area (Å²) in [5, 5.41) is 4.16. The van der Waals surface area contributed by atoms with Gasteiger partial charge in [0.05, 0.1) is 16.6 Å². The molecule has 0 radical (unpaired) electrons. The summed E-state index contributed by atoms with van der Waals surface area (Å²) in [7, 11) is -3.55. The fourth-order valence-electron chi connectivity index (χ4n) is 3.49. The van der Waals surface area contributed by atoms with E-state index in [9.17, 15) is 18.0 Å². The fraction of sp³-hybridized carbons (Fsp3) is 0.348. The lowest BCUT2D eigenvalue weighted by atomic mass is 10.1. The molecule has 1 aliphatic heterocycles. The average molecular weight is 472 g/mol. The van der Waals surface area contributed by atoms with Gasteiger partial charge in [-0.2, -0.15) is 4.31 Å². The maximum atomic E-state index is 12.9. The number of sulfonamides is 1. The smallest absolute Gasteiger partial charge is 0.288 e. The Kier molecular flexibility index (Phi) is 7.50. The molecule has 0 aliphatic carbocycles. The summed E-state index contributed by atoms with van der Waals surface area (Å²) in [6.45, 7) is 7.79. The number of rotatable bonds is 8. The van der Waals surface area contributed by atoms with Crippen LogP contribution < -0.4 is 15.8 Å². The van der Waals surface area contributed by atoms with Crippen LogP contribution >= 0.6 is 0 Å². The quantitative estimate of drug-likeness (QED) is 0.613. The minimum atomic E-state index is -3.55. The van der Waals surface area contributed by atoms with E-state index in [1.54, 1.807) is 76.2 Å². The average Bonchev–Trinajstić information content (AvgIpc) is 2.81. The second-order valence-corrected chi connectivity index (χ2v) is 9.57. The highest BCUT2D eigenvalue weighted by molar-refractivity contribution is 7.89. The number of hydrogen-bond donors (Lipinski definition) is 2. The molecule has 0 saturated heterocycles. The van der Waals surface area contributed by atoms with Crippen molar-refractivity contribution in [3.63, 3.8) is 0 Å². The van der Waals surface area contributed by atoms with Gasteiger partial charge in [0.15, 0.2) is 0 Å². The first kappa shape index (κ1) is 24.4. The van der Waals surface area contributed by atoms with Gasteiger partial charge in [-0.1, -0.05) is 44.2 Å². The summed E-state index contributed by atoms with van der Waals surface area (Å²) in [6, 6.07) is 14.3. The van der Waals surface area contributed by atoms with E-state index >= 15 is 0 Å². The first-order valence-electron chi connectivity index (χ1n) is 10.8. The maximum absolute atomic E-state index is 12.9. The van der Waals surface area contributed by atoms with Crippen LogP contribution in [0.25, 0.3) is 0 Å². The van der Waals surface area contributed by atoms with Crippen LogP contribution in [0.2, 0.25) is 0 Å². The first-order valence-corrected chi connectivity index (χ1v) is 12.3. The predicted molar refractivity (Wildman–Crippen MR) is 127 cm³/mol. The number of amidine groups is 1. The van der Waals surface area contributed by atoms with Gasteiger partial charge >= 0.3 is 0 Å². The number of anilines is 1. The lowest BCUT2D eigenvalue weighted by Gasteiger charge is -2.31. The molecule has 3 rings (SSSR count). The second-order valence-electron chi connectivity index (χ2n) is 7.63. The van der Waals surface area contributed by atoms with E-state index < -0.39 is 28.0 Å². The maximum Gasteiger partial charge on any atom is 0.288 e. The Balaban J connectivity index is 1.72. The molecular formula is C23H29N5O4S. The van der Waals surface area contributed by atoms with Crippen LogP contribution in [0.5, 0.6) is 0 Å². The number of nitrogens with zero attached hydrogens (tertiary/aromatic N) is 3. The standard InChI is InChI=1S/C23H29N5O4S/c1-5-27(6-2)33(31,32)20-14-12-18(13-15-20)16(3)25-22(29)21-24-17(4)23(30)28(26-21)19-10-8-7-9-11-19/h7-17H,5-6H2,1-4H3,(H,24,26)(H,25,29). The van der Waals surface area contributed by atoms with Gasteiger partial charge in [-0.15, -0.1) is 0 Å². The van der Waals surface area contributed by atoms with Gasteiger partial charge in [-0.05, 0) is 43.7 Å². The molecule has 10 heteroatoms. The summed E-state index contributed by atoms with van der Waals surface area (Å²) in [6.07, 6.45) is 0. The van der Waals surface area contributed by atoms with E-state index in [-0.39, 0.29) is 16.6 Å². The van der Waals surface area contributed by atoms with Gasteiger partial charge in [0.1, 0.15) is 6.04 Å². The molecule has 2 atom stereocenters. The van der Waals surface area contributed by atoms with Crippen LogP contribution in [0.1, 0.15) is 39.3 Å². The van der Waals surface area contributed by atoms with Crippen LogP contribution in [0.15, 0.2) is 64.5 Å². The van der Waals surface area contributed by atoms with E-state index in [2.05, 4.69) is 15.7 Å². The monoisotopic (exact) mass is 471 g/mol. The Morgan fingerprint density at radius 3 is 2.30 bits per heavy atom. The van der Waals surface area contributed by atoms with E-state index in [1.165, 1.54) is 9.31 Å². The van der Waals surface area contributed by atoms with Crippen LogP contribution in [0, 0.1) is 0 Å². The molecule has 9 nitrogen and oxygen atoms in total. The highest BCUT2D eigenvalue weighted by Crippen LogP contribution is 2.20. The zero-order valence-electron chi connectivity index (χ0n) is 19.1. The van der Waals surface area contributed by atoms with Crippen molar-refractivity contribution >= 4 is 33.4 Å². The minimum Gasteiger partial charge on any atom is -0.343 e. The summed E-state index contributed by atoms with van der Waals surface area (Å²) in [5.74, 6) is -0.711. The molecule has 0 spiro atoms.